The molecule has 1 heterocycles. The molecule has 0 saturated carbocycles. The van der Waals surface area contributed by atoms with Gasteiger partial charge in [0.25, 0.3) is 0 Å². The molecule has 138 valence electrons. The monoisotopic (exact) mass is 372 g/mol. The number of hydrogen-bond acceptors (Lipinski definition) is 3. The van der Waals surface area contributed by atoms with E-state index in [4.69, 9.17) is 0 Å². The molecule has 2 aromatic carbocycles. The Morgan fingerprint density at radius 3 is 2.35 bits per heavy atom. The summed E-state index contributed by atoms with van der Waals surface area (Å²) in [5.74, 6) is -0.102. The van der Waals surface area contributed by atoms with Crippen LogP contribution in [0.3, 0.4) is 0 Å². The van der Waals surface area contributed by atoms with Crippen LogP contribution in [0.5, 0.6) is 0 Å². The van der Waals surface area contributed by atoms with E-state index < -0.39 is 15.4 Å². The second-order valence-corrected chi connectivity index (χ2v) is 8.92. The van der Waals surface area contributed by atoms with Gasteiger partial charge in [0.2, 0.25) is 15.9 Å². The first-order chi connectivity index (χ1) is 12.4. The lowest BCUT2D eigenvalue weighted by molar-refractivity contribution is -0.132. The van der Waals surface area contributed by atoms with Crippen LogP contribution in [-0.2, 0) is 21.4 Å². The molecule has 3 rings (SSSR count). The first-order valence-corrected chi connectivity index (χ1v) is 10.2. The number of hydrogen-bond donors (Lipinski definition) is 1. The molecule has 1 aliphatic heterocycles. The average Bonchev–Trinajstić information content (AvgIpc) is 2.67. The van der Waals surface area contributed by atoms with E-state index in [2.05, 4.69) is 5.32 Å². The summed E-state index contributed by atoms with van der Waals surface area (Å²) in [6.07, 6.45) is 1.34. The van der Waals surface area contributed by atoms with Crippen LogP contribution in [0, 0.1) is 5.41 Å². The number of sulfonamides is 1. The van der Waals surface area contributed by atoms with E-state index in [9.17, 15) is 13.2 Å². The third-order valence-electron chi connectivity index (χ3n) is 4.89. The van der Waals surface area contributed by atoms with Gasteiger partial charge in [-0.15, -0.1) is 0 Å². The number of nitrogens with one attached hydrogen (secondary N) is 1. The maximum absolute atomic E-state index is 12.9. The van der Waals surface area contributed by atoms with Crippen LogP contribution < -0.4 is 5.32 Å². The Morgan fingerprint density at radius 1 is 1.08 bits per heavy atom. The number of benzene rings is 2. The van der Waals surface area contributed by atoms with E-state index in [1.165, 1.54) is 4.31 Å². The Hall–Kier alpha value is -2.18. The van der Waals surface area contributed by atoms with Crippen LogP contribution in [-0.4, -0.2) is 31.7 Å². The largest absolute Gasteiger partial charge is 0.352 e. The van der Waals surface area contributed by atoms with Gasteiger partial charge in [-0.2, -0.15) is 4.31 Å². The summed E-state index contributed by atoms with van der Waals surface area (Å²) in [4.78, 5) is 13.0. The van der Waals surface area contributed by atoms with E-state index in [0.717, 1.165) is 5.56 Å². The van der Waals surface area contributed by atoms with Gasteiger partial charge in [-0.05, 0) is 37.5 Å². The lowest BCUT2D eigenvalue weighted by atomic mass is 9.82. The molecule has 26 heavy (non-hydrogen) atoms. The number of amides is 1. The summed E-state index contributed by atoms with van der Waals surface area (Å²) >= 11 is 0. The van der Waals surface area contributed by atoms with Gasteiger partial charge in [0.1, 0.15) is 0 Å². The average molecular weight is 372 g/mol. The Balaban J connectivity index is 1.71. The summed E-state index contributed by atoms with van der Waals surface area (Å²) in [7, 11) is -3.58. The predicted molar refractivity (Wildman–Crippen MR) is 101 cm³/mol. The summed E-state index contributed by atoms with van der Waals surface area (Å²) in [5.41, 5.74) is 0.295. The highest BCUT2D eigenvalue weighted by atomic mass is 32.2. The molecule has 0 aromatic heterocycles. The maximum Gasteiger partial charge on any atom is 0.243 e. The van der Waals surface area contributed by atoms with E-state index in [0.29, 0.717) is 25.9 Å². The maximum atomic E-state index is 12.9. The Kier molecular flexibility index (Phi) is 5.44. The van der Waals surface area contributed by atoms with Crippen molar-refractivity contribution < 1.29 is 13.2 Å². The molecule has 0 spiro atoms. The first kappa shape index (κ1) is 18.6. The third kappa shape index (κ3) is 3.97. The van der Waals surface area contributed by atoms with Crippen LogP contribution in [0.2, 0.25) is 0 Å². The van der Waals surface area contributed by atoms with Crippen molar-refractivity contribution in [3.8, 4) is 0 Å². The van der Waals surface area contributed by atoms with Gasteiger partial charge in [0.15, 0.2) is 0 Å². The van der Waals surface area contributed by atoms with Gasteiger partial charge in [-0.3, -0.25) is 4.79 Å². The van der Waals surface area contributed by atoms with E-state index >= 15 is 0 Å². The summed E-state index contributed by atoms with van der Waals surface area (Å²) < 4.78 is 27.2. The Bertz CT molecular complexity index is 853. The topological polar surface area (TPSA) is 66.5 Å². The highest BCUT2D eigenvalue weighted by molar-refractivity contribution is 7.89. The van der Waals surface area contributed by atoms with Crippen molar-refractivity contribution in [2.75, 3.05) is 13.1 Å². The van der Waals surface area contributed by atoms with Gasteiger partial charge < -0.3 is 5.32 Å². The van der Waals surface area contributed by atoms with E-state index in [1.807, 2.05) is 37.3 Å². The fourth-order valence-corrected chi connectivity index (χ4v) is 4.94. The smallest absolute Gasteiger partial charge is 0.243 e. The first-order valence-electron chi connectivity index (χ1n) is 8.79. The Labute approximate surface area is 155 Å². The van der Waals surface area contributed by atoms with Crippen LogP contribution in [0.1, 0.15) is 25.3 Å². The lowest BCUT2D eigenvalue weighted by Gasteiger charge is -2.38. The van der Waals surface area contributed by atoms with Gasteiger partial charge in [-0.25, -0.2) is 8.42 Å². The molecule has 5 nitrogen and oxygen atoms in total. The molecule has 1 aliphatic rings. The van der Waals surface area contributed by atoms with Gasteiger partial charge >= 0.3 is 0 Å². The number of rotatable bonds is 5. The predicted octanol–water partition coefficient (Wildman–Crippen LogP) is 2.79. The molecular weight excluding hydrogens is 348 g/mol. The van der Waals surface area contributed by atoms with Crippen LogP contribution in [0.15, 0.2) is 65.6 Å². The summed E-state index contributed by atoms with van der Waals surface area (Å²) in [6, 6.07) is 18.1. The van der Waals surface area contributed by atoms with E-state index in [-0.39, 0.29) is 17.3 Å². The molecule has 0 bridgehead atoms. The van der Waals surface area contributed by atoms with Crippen LogP contribution in [0.4, 0.5) is 0 Å². The second-order valence-electron chi connectivity index (χ2n) is 6.98. The van der Waals surface area contributed by atoms with Crippen molar-refractivity contribution in [3.05, 3.63) is 66.2 Å². The molecule has 1 saturated heterocycles. The van der Waals surface area contributed by atoms with Crippen molar-refractivity contribution in [2.45, 2.75) is 31.2 Å². The van der Waals surface area contributed by atoms with Crippen molar-refractivity contribution in [2.24, 2.45) is 5.41 Å². The van der Waals surface area contributed by atoms with Crippen molar-refractivity contribution >= 4 is 15.9 Å². The van der Waals surface area contributed by atoms with Gasteiger partial charge in [0.05, 0.1) is 10.3 Å². The second kappa shape index (κ2) is 7.60. The third-order valence-corrected chi connectivity index (χ3v) is 6.75. The fourth-order valence-electron chi connectivity index (χ4n) is 3.32. The van der Waals surface area contributed by atoms with Crippen LogP contribution in [0.25, 0.3) is 0 Å². The zero-order valence-electron chi connectivity index (χ0n) is 14.9. The van der Waals surface area contributed by atoms with Crippen LogP contribution >= 0.6 is 0 Å². The number of carbonyl (C=O) groups is 1. The number of nitrogens with zero attached hydrogens (tertiary/aromatic N) is 1. The van der Waals surface area contributed by atoms with E-state index in [1.54, 1.807) is 30.3 Å². The zero-order chi connectivity index (χ0) is 18.6. The minimum absolute atomic E-state index is 0.102. The quantitative estimate of drug-likeness (QED) is 0.878. The summed E-state index contributed by atoms with van der Waals surface area (Å²) in [6.45, 7) is 2.93. The molecule has 6 heteroatoms. The van der Waals surface area contributed by atoms with Gasteiger partial charge in [-0.1, -0.05) is 48.5 Å². The molecule has 1 atom stereocenters. The molecular formula is C20H24N2O3S. The molecule has 0 radical (unpaired) electrons. The number of carbonyl (C=O) groups excluding carboxylic acids is 1. The Morgan fingerprint density at radius 2 is 1.69 bits per heavy atom. The highest BCUT2D eigenvalue weighted by Gasteiger charge is 2.41. The minimum Gasteiger partial charge on any atom is -0.352 e. The summed E-state index contributed by atoms with van der Waals surface area (Å²) in [5, 5.41) is 2.96. The molecule has 1 fully saturated rings. The zero-order valence-corrected chi connectivity index (χ0v) is 15.7. The van der Waals surface area contributed by atoms with Crippen molar-refractivity contribution in [3.63, 3.8) is 0 Å². The molecule has 0 unspecified atom stereocenters. The minimum atomic E-state index is -3.58. The highest BCUT2D eigenvalue weighted by Crippen LogP contribution is 2.32. The molecule has 1 N–H and O–H groups in total. The lowest BCUT2D eigenvalue weighted by Crippen LogP contribution is -2.51. The SMILES string of the molecule is C[C@@]1(C(=O)NCc2ccccc2)CCCN(S(=O)(=O)c2ccccc2)C1. The van der Waals surface area contributed by atoms with Crippen molar-refractivity contribution in [1.29, 1.82) is 0 Å². The fraction of sp³-hybridized carbons (Fsp3) is 0.350. The van der Waals surface area contributed by atoms with Gasteiger partial charge in [0, 0.05) is 19.6 Å². The van der Waals surface area contributed by atoms with Crippen molar-refractivity contribution in [1.82, 2.24) is 9.62 Å². The number of piperidine rings is 1. The molecule has 2 aromatic rings. The normalized spacial score (nSPS) is 21.3. The molecule has 1 amide bonds. The molecule has 0 aliphatic carbocycles. The standard InChI is InChI=1S/C20H24N2O3S/c1-20(19(23)21-15-17-9-4-2-5-10-17)13-8-14-22(16-20)26(24,25)18-11-6-3-7-12-18/h2-7,9-12H,8,13-16H2,1H3,(H,21,23)/t20-/m1/s1.